The first-order valence-corrected chi connectivity index (χ1v) is 15.7. The molecule has 0 radical (unpaired) electrons. The van der Waals surface area contributed by atoms with Crippen LogP contribution in [0.15, 0.2) is 72.8 Å². The molecular weight excluding hydrogens is 532 g/mol. The van der Waals surface area contributed by atoms with Crippen molar-refractivity contribution in [3.8, 4) is 0 Å². The minimum absolute atomic E-state index is 0.0411. The topological polar surface area (TPSA) is 66.5 Å². The molecule has 0 bridgehead atoms. The average Bonchev–Trinajstić information content (AvgIpc) is 3.44. The Bertz CT molecular complexity index is 1640. The van der Waals surface area contributed by atoms with Gasteiger partial charge < -0.3 is 10.2 Å². The number of allylic oxidation sites excluding steroid dienone is 1. The van der Waals surface area contributed by atoms with Gasteiger partial charge in [-0.2, -0.15) is 0 Å². The summed E-state index contributed by atoms with van der Waals surface area (Å²) >= 11 is 0. The standard InChI is InChI=1S/C38H42N2O3/c1-7-8-9-12-25-16-18-26(19-17-25)34(41)32-33(35(42)37(4,5)6)40-30-20-15-23(2)21-27(30)24(3)22-31(40)38(32)28-13-10-11-14-29(28)39-36(38)43/h10-11,13-22,31-33H,7-9,12H2,1-6H3,(H,39,43)/t31-,32+,33+,38-/m1/s1. The quantitative estimate of drug-likeness (QED) is 0.232. The first-order chi connectivity index (χ1) is 20.5. The molecule has 0 aliphatic carbocycles. The van der Waals surface area contributed by atoms with E-state index in [0.717, 1.165) is 47.2 Å². The van der Waals surface area contributed by atoms with Crippen LogP contribution >= 0.6 is 0 Å². The molecule has 4 atom stereocenters. The smallest absolute Gasteiger partial charge is 0.238 e. The van der Waals surface area contributed by atoms with Crippen molar-refractivity contribution < 1.29 is 14.4 Å². The lowest BCUT2D eigenvalue weighted by Gasteiger charge is -2.40. The zero-order valence-corrected chi connectivity index (χ0v) is 26.2. The molecule has 43 heavy (non-hydrogen) atoms. The summed E-state index contributed by atoms with van der Waals surface area (Å²) in [5.74, 6) is -1.35. The summed E-state index contributed by atoms with van der Waals surface area (Å²) in [5, 5.41) is 3.13. The van der Waals surface area contributed by atoms with Crippen LogP contribution in [0.1, 0.15) is 86.5 Å². The Balaban J connectivity index is 1.59. The number of para-hydroxylation sites is 1. The molecule has 0 aromatic heterocycles. The maximum absolute atomic E-state index is 15.0. The van der Waals surface area contributed by atoms with Crippen LogP contribution in [0.3, 0.4) is 0 Å². The number of amides is 1. The van der Waals surface area contributed by atoms with Crippen molar-refractivity contribution in [1.82, 2.24) is 0 Å². The highest BCUT2D eigenvalue weighted by molar-refractivity contribution is 6.17. The monoisotopic (exact) mass is 574 g/mol. The highest BCUT2D eigenvalue weighted by Gasteiger charge is 2.71. The van der Waals surface area contributed by atoms with Crippen molar-refractivity contribution in [3.05, 3.63) is 101 Å². The van der Waals surface area contributed by atoms with Crippen LogP contribution in [-0.4, -0.2) is 29.6 Å². The molecule has 222 valence electrons. The van der Waals surface area contributed by atoms with Crippen LogP contribution in [0.2, 0.25) is 0 Å². The number of rotatable bonds is 7. The molecule has 1 saturated heterocycles. The molecule has 5 heteroatoms. The van der Waals surface area contributed by atoms with Crippen LogP contribution in [0.5, 0.6) is 0 Å². The number of hydrogen-bond donors (Lipinski definition) is 1. The van der Waals surface area contributed by atoms with E-state index in [1.807, 2.05) is 69.3 Å². The molecular formula is C38H42N2O3. The number of carbonyl (C=O) groups is 3. The van der Waals surface area contributed by atoms with Crippen molar-refractivity contribution in [2.24, 2.45) is 11.3 Å². The normalized spacial score (nSPS) is 23.9. The first-order valence-electron chi connectivity index (χ1n) is 15.7. The number of nitrogens with one attached hydrogen (secondary N) is 1. The molecule has 3 aromatic rings. The molecule has 3 aliphatic rings. The highest BCUT2D eigenvalue weighted by atomic mass is 16.2. The summed E-state index contributed by atoms with van der Waals surface area (Å²) in [4.78, 5) is 46.3. The van der Waals surface area contributed by atoms with Gasteiger partial charge in [0.05, 0.1) is 12.0 Å². The van der Waals surface area contributed by atoms with Crippen LogP contribution in [-0.2, 0) is 21.4 Å². The van der Waals surface area contributed by atoms with Gasteiger partial charge in [-0.15, -0.1) is 0 Å². The summed E-state index contributed by atoms with van der Waals surface area (Å²) in [6.45, 7) is 12.0. The fraction of sp³-hybridized carbons (Fsp3) is 0.395. The third-order valence-corrected chi connectivity index (χ3v) is 9.73. The number of fused-ring (bicyclic) bond motifs is 6. The number of aryl methyl sites for hydroxylation is 2. The Kier molecular flexibility index (Phi) is 7.19. The van der Waals surface area contributed by atoms with Gasteiger partial charge in [0.2, 0.25) is 5.91 Å². The van der Waals surface area contributed by atoms with Gasteiger partial charge in [0.1, 0.15) is 11.5 Å². The van der Waals surface area contributed by atoms with Crippen molar-refractivity contribution in [3.63, 3.8) is 0 Å². The Labute approximate surface area is 255 Å². The Morgan fingerprint density at radius 3 is 2.37 bits per heavy atom. The molecule has 3 aliphatic heterocycles. The number of hydrogen-bond acceptors (Lipinski definition) is 4. The molecule has 1 fully saturated rings. The average molecular weight is 575 g/mol. The molecule has 0 unspecified atom stereocenters. The van der Waals surface area contributed by atoms with Crippen LogP contribution in [0.4, 0.5) is 11.4 Å². The van der Waals surface area contributed by atoms with Gasteiger partial charge in [-0.3, -0.25) is 14.4 Å². The summed E-state index contributed by atoms with van der Waals surface area (Å²) < 4.78 is 0. The van der Waals surface area contributed by atoms with E-state index in [0.29, 0.717) is 11.3 Å². The second-order valence-corrected chi connectivity index (χ2v) is 13.6. The predicted molar refractivity (Wildman–Crippen MR) is 174 cm³/mol. The maximum Gasteiger partial charge on any atom is 0.238 e. The van der Waals surface area contributed by atoms with E-state index in [-0.39, 0.29) is 17.5 Å². The van der Waals surface area contributed by atoms with E-state index >= 15 is 0 Å². The highest BCUT2D eigenvalue weighted by Crippen LogP contribution is 2.59. The number of carbonyl (C=O) groups excluding carboxylic acids is 3. The number of benzene rings is 3. The number of unbranched alkanes of at least 4 members (excludes halogenated alkanes) is 2. The van der Waals surface area contributed by atoms with E-state index in [1.54, 1.807) is 0 Å². The van der Waals surface area contributed by atoms with Crippen LogP contribution in [0, 0.1) is 18.3 Å². The first kappa shape index (κ1) is 29.1. The number of ketones is 2. The van der Waals surface area contributed by atoms with Gasteiger partial charge in [-0.1, -0.05) is 101 Å². The van der Waals surface area contributed by atoms with Gasteiger partial charge in [-0.25, -0.2) is 0 Å². The van der Waals surface area contributed by atoms with Crippen LogP contribution in [0.25, 0.3) is 5.57 Å². The van der Waals surface area contributed by atoms with E-state index in [9.17, 15) is 14.4 Å². The van der Waals surface area contributed by atoms with Crippen molar-refractivity contribution in [2.75, 3.05) is 10.2 Å². The second-order valence-electron chi connectivity index (χ2n) is 13.6. The van der Waals surface area contributed by atoms with Gasteiger partial charge in [0.25, 0.3) is 0 Å². The second kappa shape index (κ2) is 10.6. The Morgan fingerprint density at radius 1 is 0.953 bits per heavy atom. The van der Waals surface area contributed by atoms with Gasteiger partial charge >= 0.3 is 0 Å². The minimum atomic E-state index is -1.27. The van der Waals surface area contributed by atoms with Gasteiger partial charge in [-0.05, 0) is 61.6 Å². The van der Waals surface area contributed by atoms with Crippen molar-refractivity contribution in [2.45, 2.75) is 84.7 Å². The molecule has 5 nitrogen and oxygen atoms in total. The molecule has 1 N–H and O–H groups in total. The Hall–Kier alpha value is -3.99. The summed E-state index contributed by atoms with van der Waals surface area (Å²) in [6.07, 6.45) is 6.52. The third kappa shape index (κ3) is 4.47. The zero-order valence-electron chi connectivity index (χ0n) is 26.2. The third-order valence-electron chi connectivity index (χ3n) is 9.73. The zero-order chi connectivity index (χ0) is 30.7. The molecule has 0 saturated carbocycles. The molecule has 6 rings (SSSR count). The van der Waals surface area contributed by atoms with E-state index in [2.05, 4.69) is 55.3 Å². The van der Waals surface area contributed by atoms with Crippen molar-refractivity contribution >= 4 is 34.4 Å². The lowest BCUT2D eigenvalue weighted by Crippen LogP contribution is -2.51. The summed E-state index contributed by atoms with van der Waals surface area (Å²) in [7, 11) is 0. The van der Waals surface area contributed by atoms with E-state index < -0.39 is 28.8 Å². The lowest BCUT2D eigenvalue weighted by molar-refractivity contribution is -0.128. The maximum atomic E-state index is 15.0. The largest absolute Gasteiger partial charge is 0.352 e. The summed E-state index contributed by atoms with van der Waals surface area (Å²) in [5.41, 5.74) is 5.31. The lowest BCUT2D eigenvalue weighted by atomic mass is 9.63. The molecule has 1 spiro atoms. The van der Waals surface area contributed by atoms with Gasteiger partial charge in [0, 0.05) is 27.9 Å². The minimum Gasteiger partial charge on any atom is -0.352 e. The fourth-order valence-corrected chi connectivity index (χ4v) is 7.58. The van der Waals surface area contributed by atoms with E-state index in [4.69, 9.17) is 0 Å². The summed E-state index contributed by atoms with van der Waals surface area (Å²) in [6, 6.07) is 20.4. The Morgan fingerprint density at radius 2 is 1.67 bits per heavy atom. The SMILES string of the molecule is CCCCCc1ccc(C(=O)[C@@H]2[C@@H](C(=O)C(C)(C)C)N3c4ccc(C)cc4C(C)=C[C@@H]3[C@@]23C(=O)Nc2ccccc23)cc1. The van der Waals surface area contributed by atoms with Crippen molar-refractivity contribution in [1.29, 1.82) is 0 Å². The molecule has 1 amide bonds. The number of nitrogens with zero attached hydrogens (tertiary/aromatic N) is 1. The van der Waals surface area contributed by atoms with Crippen LogP contribution < -0.4 is 10.2 Å². The molecule has 3 heterocycles. The van der Waals surface area contributed by atoms with Gasteiger partial charge in [0.15, 0.2) is 11.6 Å². The molecule has 3 aromatic carbocycles. The number of anilines is 2. The fourth-order valence-electron chi connectivity index (χ4n) is 7.58. The number of Topliss-reactive ketones (excluding diaryl/α,β-unsaturated/α-hetero) is 2. The predicted octanol–water partition coefficient (Wildman–Crippen LogP) is 7.71. The van der Waals surface area contributed by atoms with E-state index in [1.165, 1.54) is 12.0 Å².